The largest absolute Gasteiger partial charge is 0.481 e. The highest BCUT2D eigenvalue weighted by Gasteiger charge is 2.16. The van der Waals surface area contributed by atoms with Gasteiger partial charge in [-0.05, 0) is 73.4 Å². The SMILES string of the molecule is C[C@@H](Oc1ccc2ccccc2c1)C(=O)Nc1ccc(N2CCCCC2)cc1. The molecule has 0 radical (unpaired) electrons. The summed E-state index contributed by atoms with van der Waals surface area (Å²) >= 11 is 0. The normalized spacial score (nSPS) is 15.2. The highest BCUT2D eigenvalue weighted by molar-refractivity contribution is 5.94. The first-order valence-corrected chi connectivity index (χ1v) is 10.0. The summed E-state index contributed by atoms with van der Waals surface area (Å²) in [7, 11) is 0. The van der Waals surface area contributed by atoms with Crippen molar-refractivity contribution < 1.29 is 9.53 Å². The lowest BCUT2D eigenvalue weighted by Crippen LogP contribution is -2.30. The zero-order valence-electron chi connectivity index (χ0n) is 16.2. The summed E-state index contributed by atoms with van der Waals surface area (Å²) in [4.78, 5) is 14.9. The van der Waals surface area contributed by atoms with Crippen LogP contribution in [0.3, 0.4) is 0 Å². The number of fused-ring (bicyclic) bond motifs is 1. The van der Waals surface area contributed by atoms with E-state index in [2.05, 4.69) is 28.4 Å². The molecule has 1 N–H and O–H groups in total. The molecule has 1 amide bonds. The average molecular weight is 374 g/mol. The third kappa shape index (κ3) is 4.28. The second-order valence-corrected chi connectivity index (χ2v) is 7.35. The van der Waals surface area contributed by atoms with E-state index < -0.39 is 6.10 Å². The van der Waals surface area contributed by atoms with Crippen molar-refractivity contribution in [2.24, 2.45) is 0 Å². The van der Waals surface area contributed by atoms with Gasteiger partial charge in [0, 0.05) is 24.5 Å². The number of rotatable bonds is 5. The lowest BCUT2D eigenvalue weighted by molar-refractivity contribution is -0.122. The van der Waals surface area contributed by atoms with Crippen LogP contribution in [0.1, 0.15) is 26.2 Å². The van der Waals surface area contributed by atoms with Gasteiger partial charge in [-0.3, -0.25) is 4.79 Å². The molecule has 1 atom stereocenters. The fraction of sp³-hybridized carbons (Fsp3) is 0.292. The first-order valence-electron chi connectivity index (χ1n) is 10.0. The molecular formula is C24H26N2O2. The first kappa shape index (κ1) is 18.4. The van der Waals surface area contributed by atoms with Gasteiger partial charge in [0.15, 0.2) is 6.10 Å². The van der Waals surface area contributed by atoms with E-state index in [1.165, 1.54) is 24.9 Å². The molecule has 1 fully saturated rings. The van der Waals surface area contributed by atoms with Crippen LogP contribution >= 0.6 is 0 Å². The molecule has 0 aromatic heterocycles. The number of nitrogens with one attached hydrogen (secondary N) is 1. The van der Waals surface area contributed by atoms with Crippen LogP contribution in [0.15, 0.2) is 66.7 Å². The van der Waals surface area contributed by atoms with E-state index in [1.54, 1.807) is 6.92 Å². The maximum absolute atomic E-state index is 12.5. The Kier molecular flexibility index (Phi) is 5.47. The molecule has 3 aromatic carbocycles. The molecule has 0 aliphatic carbocycles. The average Bonchev–Trinajstić information content (AvgIpc) is 2.75. The van der Waals surface area contributed by atoms with Gasteiger partial charge in [0.05, 0.1) is 0 Å². The number of carbonyl (C=O) groups excluding carboxylic acids is 1. The van der Waals surface area contributed by atoms with Crippen molar-refractivity contribution in [3.8, 4) is 5.75 Å². The van der Waals surface area contributed by atoms with Crippen molar-refractivity contribution >= 4 is 28.1 Å². The fourth-order valence-corrected chi connectivity index (χ4v) is 3.65. The monoisotopic (exact) mass is 374 g/mol. The molecule has 0 saturated carbocycles. The zero-order valence-corrected chi connectivity index (χ0v) is 16.2. The molecule has 28 heavy (non-hydrogen) atoms. The number of piperidine rings is 1. The van der Waals surface area contributed by atoms with Crippen LogP contribution in [0.25, 0.3) is 10.8 Å². The number of nitrogens with zero attached hydrogens (tertiary/aromatic N) is 1. The number of amides is 1. The molecule has 144 valence electrons. The van der Waals surface area contributed by atoms with Crippen molar-refractivity contribution in [2.45, 2.75) is 32.3 Å². The predicted octanol–water partition coefficient (Wildman–Crippen LogP) is 5.24. The summed E-state index contributed by atoms with van der Waals surface area (Å²) in [6.45, 7) is 4.00. The lowest BCUT2D eigenvalue weighted by atomic mass is 10.1. The van der Waals surface area contributed by atoms with E-state index in [1.807, 2.05) is 48.5 Å². The van der Waals surface area contributed by atoms with Crippen molar-refractivity contribution in [2.75, 3.05) is 23.3 Å². The van der Waals surface area contributed by atoms with E-state index >= 15 is 0 Å². The molecule has 4 nitrogen and oxygen atoms in total. The highest BCUT2D eigenvalue weighted by atomic mass is 16.5. The van der Waals surface area contributed by atoms with Crippen molar-refractivity contribution in [3.05, 3.63) is 66.7 Å². The number of carbonyl (C=O) groups is 1. The van der Waals surface area contributed by atoms with Crippen LogP contribution in [-0.2, 0) is 4.79 Å². The Morgan fingerprint density at radius 1 is 0.929 bits per heavy atom. The minimum absolute atomic E-state index is 0.154. The molecular weight excluding hydrogens is 348 g/mol. The first-order chi connectivity index (χ1) is 13.7. The predicted molar refractivity (Wildman–Crippen MR) is 115 cm³/mol. The van der Waals surface area contributed by atoms with Crippen molar-refractivity contribution in [3.63, 3.8) is 0 Å². The fourth-order valence-electron chi connectivity index (χ4n) is 3.65. The van der Waals surface area contributed by atoms with Gasteiger partial charge in [0.1, 0.15) is 5.75 Å². The quantitative estimate of drug-likeness (QED) is 0.664. The van der Waals surface area contributed by atoms with E-state index in [-0.39, 0.29) is 5.91 Å². The van der Waals surface area contributed by atoms with Gasteiger partial charge in [-0.15, -0.1) is 0 Å². The number of anilines is 2. The summed E-state index contributed by atoms with van der Waals surface area (Å²) in [5.41, 5.74) is 2.01. The lowest BCUT2D eigenvalue weighted by Gasteiger charge is -2.28. The standard InChI is InChI=1S/C24H26N2O2/c1-18(28-23-14-9-19-7-3-4-8-20(19)17-23)24(27)25-21-10-12-22(13-11-21)26-15-5-2-6-16-26/h3-4,7-14,17-18H,2,5-6,15-16H2,1H3,(H,25,27)/t18-/m1/s1. The smallest absolute Gasteiger partial charge is 0.265 e. The number of hydrogen-bond donors (Lipinski definition) is 1. The van der Waals surface area contributed by atoms with Gasteiger partial charge < -0.3 is 15.0 Å². The topological polar surface area (TPSA) is 41.6 Å². The molecule has 4 heteroatoms. The summed E-state index contributed by atoms with van der Waals surface area (Å²) in [5.74, 6) is 0.542. The second kappa shape index (κ2) is 8.34. The number of hydrogen-bond acceptors (Lipinski definition) is 3. The van der Waals surface area contributed by atoms with Gasteiger partial charge in [-0.25, -0.2) is 0 Å². The van der Waals surface area contributed by atoms with Gasteiger partial charge >= 0.3 is 0 Å². The summed E-state index contributed by atoms with van der Waals surface area (Å²) < 4.78 is 5.86. The maximum Gasteiger partial charge on any atom is 0.265 e. The summed E-state index contributed by atoms with van der Waals surface area (Å²) in [6.07, 6.45) is 3.24. The van der Waals surface area contributed by atoms with E-state index in [9.17, 15) is 4.79 Å². The van der Waals surface area contributed by atoms with Gasteiger partial charge in [0.2, 0.25) is 0 Å². The summed E-state index contributed by atoms with van der Waals surface area (Å²) in [6, 6.07) is 22.1. The van der Waals surface area contributed by atoms with E-state index in [4.69, 9.17) is 4.74 Å². The minimum Gasteiger partial charge on any atom is -0.481 e. The Morgan fingerprint density at radius 3 is 2.39 bits per heavy atom. The van der Waals surface area contributed by atoms with Crippen LogP contribution < -0.4 is 15.0 Å². The molecule has 1 saturated heterocycles. The Morgan fingerprint density at radius 2 is 1.64 bits per heavy atom. The summed E-state index contributed by atoms with van der Waals surface area (Å²) in [5, 5.41) is 5.20. The van der Waals surface area contributed by atoms with Crippen LogP contribution in [0.2, 0.25) is 0 Å². The second-order valence-electron chi connectivity index (χ2n) is 7.35. The molecule has 1 heterocycles. The maximum atomic E-state index is 12.5. The minimum atomic E-state index is -0.581. The number of ether oxygens (including phenoxy) is 1. The van der Waals surface area contributed by atoms with Gasteiger partial charge in [-0.1, -0.05) is 30.3 Å². The molecule has 4 rings (SSSR count). The van der Waals surface area contributed by atoms with E-state index in [0.717, 1.165) is 29.5 Å². The third-order valence-electron chi connectivity index (χ3n) is 5.26. The Bertz CT molecular complexity index is 946. The third-order valence-corrected chi connectivity index (χ3v) is 5.26. The van der Waals surface area contributed by atoms with Crippen LogP contribution in [0, 0.1) is 0 Å². The van der Waals surface area contributed by atoms with E-state index in [0.29, 0.717) is 5.75 Å². The van der Waals surface area contributed by atoms with Crippen LogP contribution in [0.4, 0.5) is 11.4 Å². The Hall–Kier alpha value is -3.01. The van der Waals surface area contributed by atoms with Crippen LogP contribution in [0.5, 0.6) is 5.75 Å². The Labute approximate surface area is 166 Å². The molecule has 0 spiro atoms. The van der Waals surface area contributed by atoms with Gasteiger partial charge in [-0.2, -0.15) is 0 Å². The number of benzene rings is 3. The molecule has 3 aromatic rings. The van der Waals surface area contributed by atoms with Crippen molar-refractivity contribution in [1.82, 2.24) is 0 Å². The Balaban J connectivity index is 1.36. The van der Waals surface area contributed by atoms with Crippen LogP contribution in [-0.4, -0.2) is 25.1 Å². The molecule has 0 unspecified atom stereocenters. The molecule has 0 bridgehead atoms. The van der Waals surface area contributed by atoms with Crippen molar-refractivity contribution in [1.29, 1.82) is 0 Å². The molecule has 1 aliphatic rings. The highest BCUT2D eigenvalue weighted by Crippen LogP contribution is 2.23. The zero-order chi connectivity index (χ0) is 19.3. The van der Waals surface area contributed by atoms with Gasteiger partial charge in [0.25, 0.3) is 5.91 Å². The molecule has 1 aliphatic heterocycles.